The summed E-state index contributed by atoms with van der Waals surface area (Å²) in [4.78, 5) is 7.41. The second kappa shape index (κ2) is 4.44. The van der Waals surface area contributed by atoms with Gasteiger partial charge in [-0.1, -0.05) is 0 Å². The minimum atomic E-state index is 0.692. The molecule has 0 unspecified atom stereocenters. The number of piperazine rings is 1. The molecule has 2 aromatic heterocycles. The number of anilines is 1. The molecule has 3 heterocycles. The van der Waals surface area contributed by atoms with Gasteiger partial charge in [-0.3, -0.25) is 0 Å². The molecule has 5 nitrogen and oxygen atoms in total. The lowest BCUT2D eigenvalue weighted by molar-refractivity contribution is 0.577. The number of hydrogen-bond acceptors (Lipinski definition) is 4. The summed E-state index contributed by atoms with van der Waals surface area (Å²) < 4.78 is 2.14. The van der Waals surface area contributed by atoms with E-state index in [4.69, 9.17) is 10.1 Å². The third-order valence-electron chi connectivity index (χ3n) is 5.03. The van der Waals surface area contributed by atoms with E-state index in [1.165, 1.54) is 42.0 Å². The molecule has 0 spiro atoms. The Balaban J connectivity index is 1.71. The van der Waals surface area contributed by atoms with Crippen molar-refractivity contribution < 1.29 is 0 Å². The Kier molecular flexibility index (Phi) is 2.53. The normalized spacial score (nSPS) is 22.0. The van der Waals surface area contributed by atoms with Crippen LogP contribution in [0.1, 0.15) is 42.1 Å². The second-order valence-corrected chi connectivity index (χ2v) is 6.56. The van der Waals surface area contributed by atoms with Crippen molar-refractivity contribution in [1.82, 2.24) is 19.9 Å². The van der Waals surface area contributed by atoms with Gasteiger partial charge in [0.05, 0.1) is 5.69 Å². The zero-order valence-corrected chi connectivity index (χ0v) is 12.3. The predicted molar refractivity (Wildman–Crippen MR) is 82.1 cm³/mol. The van der Waals surface area contributed by atoms with Crippen molar-refractivity contribution in [1.29, 1.82) is 0 Å². The third-order valence-corrected chi connectivity index (χ3v) is 5.03. The smallest absolute Gasteiger partial charge is 0.157 e. The maximum atomic E-state index is 4.92. The number of fused-ring (bicyclic) bond motifs is 2. The molecule has 0 aromatic carbocycles. The van der Waals surface area contributed by atoms with E-state index in [1.54, 1.807) is 0 Å². The van der Waals surface area contributed by atoms with E-state index >= 15 is 0 Å². The van der Waals surface area contributed by atoms with E-state index in [1.807, 2.05) is 0 Å². The zero-order chi connectivity index (χ0) is 13.8. The van der Waals surface area contributed by atoms with Gasteiger partial charge in [0.15, 0.2) is 5.65 Å². The fourth-order valence-electron chi connectivity index (χ4n) is 3.76. The Morgan fingerprint density at radius 1 is 1.14 bits per heavy atom. The molecule has 3 aliphatic rings. The Morgan fingerprint density at radius 2 is 2.00 bits per heavy atom. The van der Waals surface area contributed by atoms with Crippen molar-refractivity contribution in [2.45, 2.75) is 38.0 Å². The summed E-state index contributed by atoms with van der Waals surface area (Å²) in [6.07, 6.45) is 6.13. The molecule has 0 amide bonds. The van der Waals surface area contributed by atoms with Crippen molar-refractivity contribution >= 4 is 11.5 Å². The molecular weight excluding hydrogens is 262 g/mol. The highest BCUT2D eigenvalue weighted by atomic mass is 15.4. The van der Waals surface area contributed by atoms with Gasteiger partial charge in [0.2, 0.25) is 0 Å². The number of nitrogens with zero attached hydrogens (tertiary/aromatic N) is 4. The van der Waals surface area contributed by atoms with Crippen LogP contribution < -0.4 is 10.2 Å². The molecule has 110 valence electrons. The Hall–Kier alpha value is -1.62. The van der Waals surface area contributed by atoms with Gasteiger partial charge in [0.1, 0.15) is 5.82 Å². The van der Waals surface area contributed by atoms with E-state index < -0.39 is 0 Å². The number of aryl methyl sites for hydroxylation is 1. The molecule has 21 heavy (non-hydrogen) atoms. The highest BCUT2D eigenvalue weighted by molar-refractivity contribution is 5.59. The summed E-state index contributed by atoms with van der Waals surface area (Å²) in [5, 5.41) is 8.37. The van der Waals surface area contributed by atoms with Crippen LogP contribution in [0.4, 0.5) is 5.82 Å². The maximum absolute atomic E-state index is 4.92. The highest BCUT2D eigenvalue weighted by Crippen LogP contribution is 2.40. The summed E-state index contributed by atoms with van der Waals surface area (Å²) in [6.45, 7) is 4.28. The van der Waals surface area contributed by atoms with Gasteiger partial charge in [-0.25, -0.2) is 4.98 Å². The van der Waals surface area contributed by atoms with E-state index in [9.17, 15) is 0 Å². The summed E-state index contributed by atoms with van der Waals surface area (Å²) in [6, 6.07) is 2.22. The van der Waals surface area contributed by atoms with Crippen molar-refractivity contribution in [3.8, 4) is 0 Å². The first-order valence-corrected chi connectivity index (χ1v) is 8.27. The second-order valence-electron chi connectivity index (χ2n) is 6.56. The van der Waals surface area contributed by atoms with E-state index in [2.05, 4.69) is 20.8 Å². The average Bonchev–Trinajstić information content (AvgIpc) is 3.12. The van der Waals surface area contributed by atoms with E-state index in [0.717, 1.165) is 44.7 Å². The monoisotopic (exact) mass is 283 g/mol. The minimum absolute atomic E-state index is 0.692. The van der Waals surface area contributed by atoms with Crippen LogP contribution in [0.15, 0.2) is 6.07 Å². The van der Waals surface area contributed by atoms with Crippen molar-refractivity contribution in [3.63, 3.8) is 0 Å². The lowest BCUT2D eigenvalue weighted by Gasteiger charge is -2.31. The average molecular weight is 283 g/mol. The molecule has 1 aliphatic heterocycles. The quantitative estimate of drug-likeness (QED) is 0.907. The third kappa shape index (κ3) is 1.87. The summed E-state index contributed by atoms with van der Waals surface area (Å²) in [5.41, 5.74) is 5.08. The molecule has 5 rings (SSSR count). The van der Waals surface area contributed by atoms with Crippen molar-refractivity contribution in [3.05, 3.63) is 23.0 Å². The van der Waals surface area contributed by atoms with Crippen LogP contribution in [-0.4, -0.2) is 40.8 Å². The summed E-state index contributed by atoms with van der Waals surface area (Å²) in [7, 11) is 0. The van der Waals surface area contributed by atoms with Crippen molar-refractivity contribution in [2.24, 2.45) is 0 Å². The van der Waals surface area contributed by atoms with Gasteiger partial charge in [0.25, 0.3) is 0 Å². The topological polar surface area (TPSA) is 45.5 Å². The van der Waals surface area contributed by atoms with Gasteiger partial charge >= 0.3 is 0 Å². The molecular formula is C16H21N5. The molecule has 5 heteroatoms. The molecule has 2 fully saturated rings. The molecule has 2 aromatic rings. The van der Waals surface area contributed by atoms with Crippen molar-refractivity contribution in [2.75, 3.05) is 31.1 Å². The largest absolute Gasteiger partial charge is 0.354 e. The minimum Gasteiger partial charge on any atom is -0.354 e. The van der Waals surface area contributed by atoms with Gasteiger partial charge in [-0.2, -0.15) is 9.61 Å². The zero-order valence-electron chi connectivity index (χ0n) is 12.3. The van der Waals surface area contributed by atoms with E-state index in [-0.39, 0.29) is 0 Å². The molecule has 0 bridgehead atoms. The molecule has 1 saturated carbocycles. The van der Waals surface area contributed by atoms with Crippen LogP contribution in [-0.2, 0) is 12.8 Å². The lowest BCUT2D eigenvalue weighted by atomic mass is 10.2. The van der Waals surface area contributed by atoms with Gasteiger partial charge < -0.3 is 10.2 Å². The van der Waals surface area contributed by atoms with Gasteiger partial charge in [-0.05, 0) is 32.1 Å². The van der Waals surface area contributed by atoms with Gasteiger partial charge in [0, 0.05) is 49.4 Å². The first-order chi connectivity index (χ1) is 10.4. The van der Waals surface area contributed by atoms with Crippen LogP contribution in [0.25, 0.3) is 5.65 Å². The molecule has 0 radical (unpaired) electrons. The van der Waals surface area contributed by atoms with Crippen LogP contribution >= 0.6 is 0 Å². The number of nitrogens with one attached hydrogen (secondary N) is 1. The first kappa shape index (κ1) is 12.0. The van der Waals surface area contributed by atoms with E-state index in [0.29, 0.717) is 5.92 Å². The maximum Gasteiger partial charge on any atom is 0.157 e. The van der Waals surface area contributed by atoms with Crippen LogP contribution in [0.2, 0.25) is 0 Å². The predicted octanol–water partition coefficient (Wildman–Crippen LogP) is 1.50. The van der Waals surface area contributed by atoms with Crippen LogP contribution in [0, 0.1) is 0 Å². The Bertz CT molecular complexity index is 694. The fraction of sp³-hybridized carbons (Fsp3) is 0.625. The van der Waals surface area contributed by atoms with Gasteiger partial charge in [-0.15, -0.1) is 0 Å². The summed E-state index contributed by atoms with van der Waals surface area (Å²) in [5.74, 6) is 2.03. The number of rotatable bonds is 2. The number of hydrogen-bond donors (Lipinski definition) is 1. The SMILES string of the molecule is c1c(C2CC2)nn2c(N3CCNCC3)c3c(nc12)CCC3. The molecule has 0 atom stereocenters. The Labute approximate surface area is 124 Å². The van der Waals surface area contributed by atoms with Crippen LogP contribution in [0.3, 0.4) is 0 Å². The lowest BCUT2D eigenvalue weighted by Crippen LogP contribution is -2.44. The summed E-state index contributed by atoms with van der Waals surface area (Å²) >= 11 is 0. The highest BCUT2D eigenvalue weighted by Gasteiger charge is 2.30. The van der Waals surface area contributed by atoms with Crippen LogP contribution in [0.5, 0.6) is 0 Å². The molecule has 1 saturated heterocycles. The standard InChI is InChI=1S/C16H21N5/c1-2-12-13(3-1)18-15-10-14(11-4-5-11)19-21(15)16(12)20-8-6-17-7-9-20/h10-11,17H,1-9H2. The fourth-order valence-corrected chi connectivity index (χ4v) is 3.76. The number of aromatic nitrogens is 3. The Morgan fingerprint density at radius 3 is 2.81 bits per heavy atom. The molecule has 1 N–H and O–H groups in total. The first-order valence-electron chi connectivity index (χ1n) is 8.27. The molecule has 2 aliphatic carbocycles.